The van der Waals surface area contributed by atoms with Crippen LogP contribution in [0.4, 0.5) is 5.69 Å². The maximum absolute atomic E-state index is 5.42. The quantitative estimate of drug-likeness (QED) is 0.0302. The normalized spacial score (nSPS) is 24.6. The molecule has 5 heterocycles. The third-order valence-electron chi connectivity index (χ3n) is 20.2. The maximum atomic E-state index is 5.42. The number of pyridine rings is 1. The number of nitrogens with one attached hydrogen (secondary N) is 4. The number of hydrazine groups is 1. The topological polar surface area (TPSA) is 89.9 Å². The van der Waals surface area contributed by atoms with E-state index < -0.39 is 0 Å². The summed E-state index contributed by atoms with van der Waals surface area (Å²) in [7, 11) is 2.27. The van der Waals surface area contributed by atoms with E-state index in [0.29, 0.717) is 17.9 Å². The Kier molecular flexibility index (Phi) is 25.8. The second-order valence-electron chi connectivity index (χ2n) is 28.5. The third kappa shape index (κ3) is 18.8. The minimum absolute atomic E-state index is 0.0102. The highest BCUT2D eigenvalue weighted by atomic mass is 32.1. The molecule has 0 spiro atoms. The number of thiazole rings is 1. The molecule has 0 bridgehead atoms. The largest absolute Gasteiger partial charge is 0.383 e. The van der Waals surface area contributed by atoms with Gasteiger partial charge in [0, 0.05) is 98.4 Å². The number of likely N-dealkylation sites (N-methyl/N-ethyl adjacent to an activating group) is 1. The predicted octanol–water partition coefficient (Wildman–Crippen LogP) is 15.6. The number of hydrogen-bond acceptors (Lipinski definition) is 12. The molecule has 2 aromatic heterocycles. The molecule has 478 valence electrons. The smallest absolute Gasteiger partial charge is 0.0957 e. The van der Waals surface area contributed by atoms with Crippen molar-refractivity contribution in [2.24, 2.45) is 23.2 Å². The second kappa shape index (κ2) is 32.6. The van der Waals surface area contributed by atoms with E-state index >= 15 is 0 Å². The van der Waals surface area contributed by atoms with Gasteiger partial charge in [-0.2, -0.15) is 0 Å². The van der Waals surface area contributed by atoms with Crippen molar-refractivity contribution in [3.05, 3.63) is 113 Å². The molecule has 7 aliphatic rings. The first-order valence-corrected chi connectivity index (χ1v) is 35.7. The summed E-state index contributed by atoms with van der Waals surface area (Å²) in [5.74, 6) is 2.70. The Morgan fingerprint density at radius 3 is 2.42 bits per heavy atom. The molecule has 0 radical (unpaired) electrons. The Hall–Kier alpha value is -4.04. The Labute approximate surface area is 529 Å². The standard InChI is InChI=1S/C63H104N10S.C11H17N/c1-14-18-20-23-34-64-36-37-65-54-40-55(59(47(5)6)66-43-54)60(48(7)42-62(10,11)31-19-15-2)72(17-4)63(12)32-28-52(29-33-63)57-46-74-58(69-57)41-56(50(9)73-38-25-24-35-67-73)68-49(8)61(53-26-21-22-27-53)71-39-30-51(45-71)44-70(13)16-3;1-2-3-10-11(8-4-5-8)12(10)9-6-7-9/h15,28-29,32,40,43,46-47,51,53,56,61,64-65,67-68H,2,8-9,14,16-27,30-31,33-39,41-42,44-45H2,1,3-7,10-13H3;2-3,8-11H,4-7H2,1H3/b60-48+;3-2-. The zero-order valence-electron chi connectivity index (χ0n) is 56.3. The summed E-state index contributed by atoms with van der Waals surface area (Å²) in [4.78, 5) is 21.3. The summed E-state index contributed by atoms with van der Waals surface area (Å²) in [6.07, 6.45) is 40.7. The van der Waals surface area contributed by atoms with Crippen LogP contribution in [0.2, 0.25) is 0 Å². The van der Waals surface area contributed by atoms with Crippen LogP contribution < -0.4 is 21.4 Å². The SMILES string of the molecule is C/C=C\C1C(C2CC2)N1C1CC1.C=CCCC(C)(C)C/C(C)=C(\c1cc(NCCNCCCCCC)cnc1C(C)C)N(CC)C1(C)C=CC(c2csc(CC(NC(=C)C(C3CCCC3)N3CCC(CN(C)CC)C3)C(=C)N3CCCCN3)n2)=CC1. The molecule has 6 fully saturated rings. The fourth-order valence-electron chi connectivity index (χ4n) is 15.0. The van der Waals surface area contributed by atoms with Gasteiger partial charge in [0.05, 0.1) is 45.9 Å². The zero-order valence-corrected chi connectivity index (χ0v) is 57.1. The van der Waals surface area contributed by atoms with Crippen LogP contribution >= 0.6 is 11.3 Å². The lowest BCUT2D eigenvalue weighted by Gasteiger charge is -2.45. The second-order valence-corrected chi connectivity index (χ2v) is 29.4. The van der Waals surface area contributed by atoms with Crippen LogP contribution in [0.3, 0.4) is 0 Å². The third-order valence-corrected chi connectivity index (χ3v) is 21.0. The Balaban J connectivity index is 0.000000700. The zero-order chi connectivity index (χ0) is 61.4. The van der Waals surface area contributed by atoms with Crippen molar-refractivity contribution in [3.8, 4) is 0 Å². The van der Waals surface area contributed by atoms with Crippen LogP contribution in [0.15, 0.2) is 90.8 Å². The van der Waals surface area contributed by atoms with Gasteiger partial charge in [-0.3, -0.25) is 14.8 Å². The van der Waals surface area contributed by atoms with E-state index in [-0.39, 0.29) is 22.9 Å². The van der Waals surface area contributed by atoms with E-state index in [1.165, 1.54) is 131 Å². The summed E-state index contributed by atoms with van der Waals surface area (Å²) in [6.45, 7) is 47.2. The van der Waals surface area contributed by atoms with Gasteiger partial charge < -0.3 is 30.8 Å². The Bertz CT molecular complexity index is 2570. The van der Waals surface area contributed by atoms with Crippen molar-refractivity contribution in [1.29, 1.82) is 0 Å². The summed E-state index contributed by atoms with van der Waals surface area (Å²) in [5.41, 5.74) is 14.3. The molecule has 86 heavy (non-hydrogen) atoms. The van der Waals surface area contributed by atoms with Crippen molar-refractivity contribution < 1.29 is 0 Å². The van der Waals surface area contributed by atoms with Gasteiger partial charge in [0.15, 0.2) is 0 Å². The fraction of sp³-hybridized carbons (Fsp3) is 0.703. The van der Waals surface area contributed by atoms with Crippen molar-refractivity contribution in [2.45, 2.75) is 239 Å². The van der Waals surface area contributed by atoms with Gasteiger partial charge in [0.2, 0.25) is 0 Å². The van der Waals surface area contributed by atoms with Gasteiger partial charge >= 0.3 is 0 Å². The molecule has 3 aliphatic heterocycles. The van der Waals surface area contributed by atoms with Crippen LogP contribution in [0.5, 0.6) is 0 Å². The minimum Gasteiger partial charge on any atom is -0.383 e. The molecule has 0 amide bonds. The Morgan fingerprint density at radius 1 is 0.977 bits per heavy atom. The molecule has 7 unspecified atom stereocenters. The average Bonchev–Trinajstić information content (AvgIpc) is 1.60. The van der Waals surface area contributed by atoms with Crippen molar-refractivity contribution >= 4 is 28.3 Å². The van der Waals surface area contributed by atoms with Gasteiger partial charge in [0.25, 0.3) is 0 Å². The summed E-state index contributed by atoms with van der Waals surface area (Å²) in [5, 5.41) is 17.2. The number of aromatic nitrogens is 2. The van der Waals surface area contributed by atoms with E-state index in [9.17, 15) is 0 Å². The minimum atomic E-state index is -0.260. The van der Waals surface area contributed by atoms with Gasteiger partial charge in [-0.25, -0.2) is 10.4 Å². The van der Waals surface area contributed by atoms with Crippen LogP contribution in [-0.4, -0.2) is 143 Å². The van der Waals surface area contributed by atoms with E-state index in [4.69, 9.17) is 23.1 Å². The molecule has 2 aromatic rings. The molecule has 12 heteroatoms. The average molecular weight is 1200 g/mol. The van der Waals surface area contributed by atoms with E-state index in [1.807, 2.05) is 0 Å². The molecule has 4 aliphatic carbocycles. The number of nitrogens with zero attached hydrogens (tertiary/aromatic N) is 7. The summed E-state index contributed by atoms with van der Waals surface area (Å²) < 4.78 is 0. The van der Waals surface area contributed by atoms with E-state index in [0.717, 1.165) is 143 Å². The highest BCUT2D eigenvalue weighted by molar-refractivity contribution is 7.09. The van der Waals surface area contributed by atoms with Crippen LogP contribution in [0, 0.1) is 23.2 Å². The highest BCUT2D eigenvalue weighted by Gasteiger charge is 2.58. The number of unbranched alkanes of at least 4 members (excludes halogenated alkanes) is 3. The first-order valence-electron chi connectivity index (χ1n) is 34.9. The van der Waals surface area contributed by atoms with Gasteiger partial charge in [-0.1, -0.05) is 123 Å². The van der Waals surface area contributed by atoms with Gasteiger partial charge in [-0.15, -0.1) is 17.9 Å². The van der Waals surface area contributed by atoms with Gasteiger partial charge in [-0.05, 0) is 191 Å². The van der Waals surface area contributed by atoms with Crippen molar-refractivity contribution in [1.82, 2.24) is 50.6 Å². The molecule has 3 saturated heterocycles. The van der Waals surface area contributed by atoms with Crippen LogP contribution in [0.25, 0.3) is 11.3 Å². The first-order chi connectivity index (χ1) is 41.5. The monoisotopic (exact) mass is 1200 g/mol. The predicted molar refractivity (Wildman–Crippen MR) is 370 cm³/mol. The molecule has 4 N–H and O–H groups in total. The fourth-order valence-corrected chi connectivity index (χ4v) is 15.9. The maximum Gasteiger partial charge on any atom is 0.0957 e. The lowest BCUT2D eigenvalue weighted by molar-refractivity contribution is 0.172. The highest BCUT2D eigenvalue weighted by Crippen LogP contribution is 2.52. The molecule has 11 nitrogen and oxygen atoms in total. The number of likely N-dealkylation sites (tertiary alicyclic amines) is 1. The first kappa shape index (κ1) is 67.9. The Morgan fingerprint density at radius 2 is 1.77 bits per heavy atom. The molecular formula is C74H121N11S. The van der Waals surface area contributed by atoms with Crippen LogP contribution in [-0.2, 0) is 6.42 Å². The lowest BCUT2D eigenvalue weighted by Crippen LogP contribution is -2.51. The lowest BCUT2D eigenvalue weighted by atomic mass is 9.79. The van der Waals surface area contributed by atoms with E-state index in [2.05, 4.69) is 183 Å². The van der Waals surface area contributed by atoms with Crippen molar-refractivity contribution in [3.63, 3.8) is 0 Å². The molecule has 9 rings (SSSR count). The van der Waals surface area contributed by atoms with Gasteiger partial charge in [0.1, 0.15) is 0 Å². The van der Waals surface area contributed by atoms with E-state index in [1.54, 1.807) is 11.3 Å². The number of rotatable bonds is 35. The number of hydrogen-bond donors (Lipinski definition) is 4. The molecular weight excluding hydrogens is 1070 g/mol. The summed E-state index contributed by atoms with van der Waals surface area (Å²) >= 11 is 1.78. The van der Waals surface area contributed by atoms with Crippen molar-refractivity contribution in [2.75, 3.05) is 77.8 Å². The molecule has 7 atom stereocenters. The van der Waals surface area contributed by atoms with Crippen LogP contribution in [0.1, 0.15) is 219 Å². The summed E-state index contributed by atoms with van der Waals surface area (Å²) in [6, 6.07) is 5.52. The molecule has 3 saturated carbocycles. The number of anilines is 1. The number of allylic oxidation sites excluding steroid dienone is 5. The molecule has 0 aromatic carbocycles.